The van der Waals surface area contributed by atoms with E-state index in [4.69, 9.17) is 4.74 Å². The lowest BCUT2D eigenvalue weighted by Crippen LogP contribution is -2.08. The van der Waals surface area contributed by atoms with E-state index in [0.717, 1.165) is 5.56 Å². The molecule has 0 N–H and O–H groups in total. The van der Waals surface area contributed by atoms with Gasteiger partial charge in [0.05, 0.1) is 11.5 Å². The van der Waals surface area contributed by atoms with Crippen LogP contribution in [0.25, 0.3) is 0 Å². The third-order valence-electron chi connectivity index (χ3n) is 1.81. The van der Waals surface area contributed by atoms with Crippen LogP contribution in [0.1, 0.15) is 12.5 Å². The Bertz CT molecular complexity index is 347. The lowest BCUT2D eigenvalue weighted by atomic mass is 10.2. The lowest BCUT2D eigenvalue weighted by Gasteiger charge is -2.05. The molecular formula is C10H10NO4. The molecule has 0 saturated heterocycles. The van der Waals surface area contributed by atoms with Crippen LogP contribution in [0, 0.1) is 10.1 Å². The zero-order valence-corrected chi connectivity index (χ0v) is 8.17. The Labute approximate surface area is 86.8 Å². The number of non-ortho nitro benzene ring substituents is 1. The molecule has 0 amide bonds. The molecule has 0 aromatic heterocycles. The molecule has 15 heavy (non-hydrogen) atoms. The van der Waals surface area contributed by atoms with Gasteiger partial charge in [0.2, 0.25) is 6.29 Å². The summed E-state index contributed by atoms with van der Waals surface area (Å²) in [5, 5.41) is 10.3. The maximum atomic E-state index is 10.3. The Balaban J connectivity index is 2.57. The van der Waals surface area contributed by atoms with Crippen LogP contribution in [-0.4, -0.2) is 17.3 Å². The van der Waals surface area contributed by atoms with Crippen molar-refractivity contribution in [3.8, 4) is 0 Å². The SMILES string of the molecule is CC([C]=O)OCc1ccc([N+](=O)[O-])cc1. The predicted molar refractivity (Wildman–Crippen MR) is 53.0 cm³/mol. The molecule has 1 radical (unpaired) electrons. The number of nitro benzene ring substituents is 1. The summed E-state index contributed by atoms with van der Waals surface area (Å²) in [4.78, 5) is 20.0. The van der Waals surface area contributed by atoms with Crippen LogP contribution in [-0.2, 0) is 16.1 Å². The van der Waals surface area contributed by atoms with Crippen molar-refractivity contribution in [1.29, 1.82) is 0 Å². The molecule has 0 aliphatic heterocycles. The van der Waals surface area contributed by atoms with Crippen molar-refractivity contribution in [3.63, 3.8) is 0 Å². The van der Waals surface area contributed by atoms with Gasteiger partial charge in [-0.3, -0.25) is 14.9 Å². The second-order valence-corrected chi connectivity index (χ2v) is 2.99. The van der Waals surface area contributed by atoms with Gasteiger partial charge in [-0.05, 0) is 24.6 Å². The number of carbonyl (C=O) groups excluding carboxylic acids is 1. The Kier molecular flexibility index (Phi) is 3.93. The zero-order valence-electron chi connectivity index (χ0n) is 8.17. The molecule has 0 aliphatic carbocycles. The monoisotopic (exact) mass is 208 g/mol. The van der Waals surface area contributed by atoms with Crippen molar-refractivity contribution in [2.75, 3.05) is 0 Å². The summed E-state index contributed by atoms with van der Waals surface area (Å²) in [6.45, 7) is 1.83. The molecule has 0 heterocycles. The van der Waals surface area contributed by atoms with Crippen LogP contribution in [0.4, 0.5) is 5.69 Å². The first-order chi connectivity index (χ1) is 7.13. The summed E-state index contributed by atoms with van der Waals surface area (Å²) in [7, 11) is 0. The van der Waals surface area contributed by atoms with Gasteiger partial charge in [0.15, 0.2) is 0 Å². The van der Waals surface area contributed by atoms with E-state index in [1.807, 2.05) is 0 Å². The minimum atomic E-state index is -0.583. The van der Waals surface area contributed by atoms with Crippen molar-refractivity contribution in [2.45, 2.75) is 19.6 Å². The normalized spacial score (nSPS) is 12.1. The van der Waals surface area contributed by atoms with Gasteiger partial charge in [0.1, 0.15) is 6.10 Å². The van der Waals surface area contributed by atoms with Crippen LogP contribution >= 0.6 is 0 Å². The summed E-state index contributed by atoms with van der Waals surface area (Å²) in [6.07, 6.45) is 1.10. The van der Waals surface area contributed by atoms with Crippen LogP contribution < -0.4 is 0 Å². The van der Waals surface area contributed by atoms with Gasteiger partial charge in [-0.15, -0.1) is 0 Å². The van der Waals surface area contributed by atoms with Gasteiger partial charge >= 0.3 is 0 Å². The molecule has 1 unspecified atom stereocenters. The van der Waals surface area contributed by atoms with E-state index in [0.29, 0.717) is 0 Å². The molecule has 5 nitrogen and oxygen atoms in total. The zero-order chi connectivity index (χ0) is 11.3. The maximum absolute atomic E-state index is 10.3. The second-order valence-electron chi connectivity index (χ2n) is 2.99. The highest BCUT2D eigenvalue weighted by atomic mass is 16.6. The van der Waals surface area contributed by atoms with Crippen molar-refractivity contribution in [2.24, 2.45) is 0 Å². The van der Waals surface area contributed by atoms with E-state index in [2.05, 4.69) is 0 Å². The number of ether oxygens (including phenoxy) is 1. The third kappa shape index (κ3) is 3.47. The average Bonchev–Trinajstić information content (AvgIpc) is 2.26. The average molecular weight is 208 g/mol. The standard InChI is InChI=1S/C10H10NO4/c1-8(6-12)15-7-9-2-4-10(5-3-9)11(13)14/h2-5,8H,7H2,1H3. The largest absolute Gasteiger partial charge is 0.366 e. The number of benzene rings is 1. The Morgan fingerprint density at radius 1 is 1.47 bits per heavy atom. The Morgan fingerprint density at radius 2 is 2.07 bits per heavy atom. The van der Waals surface area contributed by atoms with E-state index in [1.54, 1.807) is 25.3 Å². The van der Waals surface area contributed by atoms with Gasteiger partial charge in [0.25, 0.3) is 5.69 Å². The van der Waals surface area contributed by atoms with Gasteiger partial charge in [-0.1, -0.05) is 0 Å². The van der Waals surface area contributed by atoms with Crippen LogP contribution in [0.15, 0.2) is 24.3 Å². The quantitative estimate of drug-likeness (QED) is 0.544. The van der Waals surface area contributed by atoms with Gasteiger partial charge < -0.3 is 4.74 Å². The fourth-order valence-electron chi connectivity index (χ4n) is 0.969. The topological polar surface area (TPSA) is 69.4 Å². The van der Waals surface area contributed by atoms with Crippen LogP contribution in [0.3, 0.4) is 0 Å². The van der Waals surface area contributed by atoms with E-state index in [-0.39, 0.29) is 12.3 Å². The van der Waals surface area contributed by atoms with E-state index in [1.165, 1.54) is 12.1 Å². The smallest absolute Gasteiger partial charge is 0.269 e. The summed E-state index contributed by atoms with van der Waals surface area (Å²) >= 11 is 0. The first-order valence-corrected chi connectivity index (χ1v) is 4.36. The van der Waals surface area contributed by atoms with Crippen molar-refractivity contribution in [1.82, 2.24) is 0 Å². The Hall–Kier alpha value is -1.75. The molecular weight excluding hydrogens is 198 g/mol. The van der Waals surface area contributed by atoms with E-state index in [9.17, 15) is 14.9 Å². The highest BCUT2D eigenvalue weighted by Gasteiger charge is 2.05. The summed E-state index contributed by atoms with van der Waals surface area (Å²) in [6, 6.07) is 5.98. The number of hydrogen-bond donors (Lipinski definition) is 0. The molecule has 79 valence electrons. The maximum Gasteiger partial charge on any atom is 0.269 e. The molecule has 1 aromatic rings. The summed E-state index contributed by atoms with van der Waals surface area (Å²) < 4.78 is 5.08. The van der Waals surface area contributed by atoms with Gasteiger partial charge in [0, 0.05) is 12.1 Å². The van der Waals surface area contributed by atoms with E-state index < -0.39 is 11.0 Å². The number of nitro groups is 1. The van der Waals surface area contributed by atoms with Gasteiger partial charge in [-0.2, -0.15) is 0 Å². The van der Waals surface area contributed by atoms with E-state index >= 15 is 0 Å². The summed E-state index contributed by atoms with van der Waals surface area (Å²) in [5.41, 5.74) is 0.816. The minimum Gasteiger partial charge on any atom is -0.366 e. The fraction of sp³-hybridized carbons (Fsp3) is 0.300. The minimum absolute atomic E-state index is 0.0359. The first-order valence-electron chi connectivity index (χ1n) is 4.36. The molecule has 1 aromatic carbocycles. The van der Waals surface area contributed by atoms with Crippen molar-refractivity contribution in [3.05, 3.63) is 39.9 Å². The molecule has 1 atom stereocenters. The molecule has 0 aliphatic rings. The Morgan fingerprint density at radius 3 is 2.53 bits per heavy atom. The first kappa shape index (κ1) is 11.3. The molecule has 0 bridgehead atoms. The number of hydrogen-bond acceptors (Lipinski definition) is 4. The highest BCUT2D eigenvalue weighted by Crippen LogP contribution is 2.12. The van der Waals surface area contributed by atoms with Crippen molar-refractivity contribution >= 4 is 12.0 Å². The lowest BCUT2D eigenvalue weighted by molar-refractivity contribution is -0.384. The predicted octanol–water partition coefficient (Wildman–Crippen LogP) is 1.61. The summed E-state index contributed by atoms with van der Waals surface area (Å²) in [5.74, 6) is 0. The highest BCUT2D eigenvalue weighted by molar-refractivity contribution is 5.56. The van der Waals surface area contributed by atoms with Crippen molar-refractivity contribution < 1.29 is 14.5 Å². The third-order valence-corrected chi connectivity index (χ3v) is 1.81. The van der Waals surface area contributed by atoms with Crippen LogP contribution in [0.5, 0.6) is 0 Å². The fourth-order valence-corrected chi connectivity index (χ4v) is 0.969. The molecule has 1 rings (SSSR count). The molecule has 0 spiro atoms. The molecule has 0 saturated carbocycles. The number of rotatable bonds is 5. The van der Waals surface area contributed by atoms with Gasteiger partial charge in [-0.25, -0.2) is 0 Å². The molecule has 0 fully saturated rings. The van der Waals surface area contributed by atoms with Crippen LogP contribution in [0.2, 0.25) is 0 Å². The second kappa shape index (κ2) is 5.21. The number of nitrogens with zero attached hydrogens (tertiary/aromatic N) is 1. The molecule has 5 heteroatoms.